The second-order valence-electron chi connectivity index (χ2n) is 4.17. The van der Waals surface area contributed by atoms with Crippen molar-refractivity contribution in [3.05, 3.63) is 0 Å². The third-order valence-electron chi connectivity index (χ3n) is 1.98. The van der Waals surface area contributed by atoms with Crippen molar-refractivity contribution in [2.24, 2.45) is 11.7 Å². The first-order chi connectivity index (χ1) is 5.93. The molecule has 0 aliphatic rings. The number of carbonyl (C=O) groups is 1. The van der Waals surface area contributed by atoms with E-state index in [1.807, 2.05) is 6.92 Å². The molecule has 0 aliphatic heterocycles. The summed E-state index contributed by atoms with van der Waals surface area (Å²) in [7, 11) is 0. The molecule has 0 aromatic rings. The van der Waals surface area contributed by atoms with Gasteiger partial charge in [0.25, 0.3) is 0 Å². The summed E-state index contributed by atoms with van der Waals surface area (Å²) in [5.74, 6) is 0.630. The summed E-state index contributed by atoms with van der Waals surface area (Å²) in [4.78, 5) is 11.2. The molecule has 13 heavy (non-hydrogen) atoms. The van der Waals surface area contributed by atoms with Gasteiger partial charge >= 0.3 is 0 Å². The van der Waals surface area contributed by atoms with E-state index in [4.69, 9.17) is 5.73 Å². The van der Waals surface area contributed by atoms with Crippen LogP contribution in [0, 0.1) is 5.92 Å². The molecule has 0 aromatic carbocycles. The first-order valence-electron chi connectivity index (χ1n) is 4.99. The highest BCUT2D eigenvalue weighted by Crippen LogP contribution is 2.06. The smallest absolute Gasteiger partial charge is 0.236 e. The van der Waals surface area contributed by atoms with E-state index in [-0.39, 0.29) is 11.9 Å². The lowest BCUT2D eigenvalue weighted by Crippen LogP contribution is -2.42. The number of hydrogen-bond acceptors (Lipinski definition) is 2. The summed E-state index contributed by atoms with van der Waals surface area (Å²) in [6.45, 7) is 8.08. The van der Waals surface area contributed by atoms with Gasteiger partial charge in [0, 0.05) is 6.04 Å². The lowest BCUT2D eigenvalue weighted by Gasteiger charge is -2.16. The van der Waals surface area contributed by atoms with Crippen LogP contribution in [0.3, 0.4) is 0 Å². The van der Waals surface area contributed by atoms with Crippen LogP contribution in [0.25, 0.3) is 0 Å². The average Bonchev–Trinajstić information content (AvgIpc) is 2.00. The zero-order valence-corrected chi connectivity index (χ0v) is 9.13. The molecule has 78 valence electrons. The second kappa shape index (κ2) is 5.97. The van der Waals surface area contributed by atoms with Crippen molar-refractivity contribution in [1.82, 2.24) is 5.32 Å². The summed E-state index contributed by atoms with van der Waals surface area (Å²) in [6.07, 6.45) is 2.16. The monoisotopic (exact) mass is 186 g/mol. The maximum atomic E-state index is 11.2. The normalized spacial score (nSPS) is 15.5. The SMILES string of the molecule is CC(C)CCC(C)NC(=O)C(C)N. The molecule has 0 spiro atoms. The lowest BCUT2D eigenvalue weighted by molar-refractivity contribution is -0.122. The van der Waals surface area contributed by atoms with Crippen molar-refractivity contribution in [1.29, 1.82) is 0 Å². The molecule has 0 bridgehead atoms. The van der Waals surface area contributed by atoms with E-state index in [1.54, 1.807) is 6.92 Å². The molecule has 0 saturated carbocycles. The highest BCUT2D eigenvalue weighted by atomic mass is 16.2. The van der Waals surface area contributed by atoms with Crippen LogP contribution < -0.4 is 11.1 Å². The Morgan fingerprint density at radius 2 is 1.77 bits per heavy atom. The van der Waals surface area contributed by atoms with E-state index >= 15 is 0 Å². The average molecular weight is 186 g/mol. The van der Waals surface area contributed by atoms with Crippen LogP contribution in [0.5, 0.6) is 0 Å². The topological polar surface area (TPSA) is 55.1 Å². The number of nitrogens with two attached hydrogens (primary N) is 1. The second-order valence-corrected chi connectivity index (χ2v) is 4.17. The molecule has 0 fully saturated rings. The van der Waals surface area contributed by atoms with Crippen molar-refractivity contribution < 1.29 is 4.79 Å². The fraction of sp³-hybridized carbons (Fsp3) is 0.900. The van der Waals surface area contributed by atoms with Gasteiger partial charge in [-0.05, 0) is 32.6 Å². The van der Waals surface area contributed by atoms with Gasteiger partial charge in [-0.25, -0.2) is 0 Å². The Kier molecular flexibility index (Phi) is 5.71. The van der Waals surface area contributed by atoms with E-state index in [0.717, 1.165) is 12.8 Å². The van der Waals surface area contributed by atoms with Gasteiger partial charge in [0.1, 0.15) is 0 Å². The zero-order valence-electron chi connectivity index (χ0n) is 9.13. The quantitative estimate of drug-likeness (QED) is 0.679. The largest absolute Gasteiger partial charge is 0.352 e. The van der Waals surface area contributed by atoms with Gasteiger partial charge in [0.05, 0.1) is 6.04 Å². The minimum atomic E-state index is -0.401. The summed E-state index contributed by atoms with van der Waals surface area (Å²) in [5.41, 5.74) is 5.43. The summed E-state index contributed by atoms with van der Waals surface area (Å²) in [5, 5.41) is 2.87. The fourth-order valence-corrected chi connectivity index (χ4v) is 1.03. The maximum absolute atomic E-state index is 11.2. The van der Waals surface area contributed by atoms with Crippen LogP contribution in [0.4, 0.5) is 0 Å². The van der Waals surface area contributed by atoms with Gasteiger partial charge < -0.3 is 11.1 Å². The molecular formula is C10H22N2O. The van der Waals surface area contributed by atoms with Crippen molar-refractivity contribution in [3.8, 4) is 0 Å². The minimum absolute atomic E-state index is 0.0590. The molecule has 0 aliphatic carbocycles. The van der Waals surface area contributed by atoms with Gasteiger partial charge in [-0.1, -0.05) is 13.8 Å². The van der Waals surface area contributed by atoms with E-state index in [2.05, 4.69) is 19.2 Å². The molecule has 2 unspecified atom stereocenters. The van der Waals surface area contributed by atoms with Gasteiger partial charge in [-0.15, -0.1) is 0 Å². The summed E-state index contributed by atoms with van der Waals surface area (Å²) < 4.78 is 0. The van der Waals surface area contributed by atoms with Crippen molar-refractivity contribution in [2.45, 2.75) is 52.6 Å². The maximum Gasteiger partial charge on any atom is 0.236 e. The van der Waals surface area contributed by atoms with E-state index < -0.39 is 6.04 Å². The van der Waals surface area contributed by atoms with Crippen LogP contribution in [-0.2, 0) is 4.79 Å². The molecule has 1 amide bonds. The lowest BCUT2D eigenvalue weighted by atomic mass is 10.0. The van der Waals surface area contributed by atoms with Gasteiger partial charge in [-0.2, -0.15) is 0 Å². The zero-order chi connectivity index (χ0) is 10.4. The van der Waals surface area contributed by atoms with Crippen LogP contribution in [0.1, 0.15) is 40.5 Å². The number of nitrogens with one attached hydrogen (secondary N) is 1. The van der Waals surface area contributed by atoms with Crippen molar-refractivity contribution >= 4 is 5.91 Å². The molecule has 0 rings (SSSR count). The molecule has 0 aromatic heterocycles. The Hall–Kier alpha value is -0.570. The molecule has 2 atom stereocenters. The highest BCUT2D eigenvalue weighted by Gasteiger charge is 2.10. The number of hydrogen-bond donors (Lipinski definition) is 2. The first-order valence-corrected chi connectivity index (χ1v) is 4.99. The fourth-order valence-electron chi connectivity index (χ4n) is 1.03. The Balaban J connectivity index is 3.62. The molecular weight excluding hydrogens is 164 g/mol. The Labute approximate surface area is 81.1 Å². The molecule has 3 nitrogen and oxygen atoms in total. The van der Waals surface area contributed by atoms with Gasteiger partial charge in [0.2, 0.25) is 5.91 Å². The van der Waals surface area contributed by atoms with E-state index in [0.29, 0.717) is 5.92 Å². The van der Waals surface area contributed by atoms with E-state index in [1.165, 1.54) is 0 Å². The summed E-state index contributed by atoms with van der Waals surface area (Å²) >= 11 is 0. The number of carbonyl (C=O) groups excluding carboxylic acids is 1. The Morgan fingerprint density at radius 1 is 1.23 bits per heavy atom. The molecule has 0 heterocycles. The van der Waals surface area contributed by atoms with Crippen LogP contribution in [-0.4, -0.2) is 18.0 Å². The standard InChI is InChI=1S/C10H22N2O/c1-7(2)5-6-8(3)12-10(13)9(4)11/h7-9H,5-6,11H2,1-4H3,(H,12,13). The molecule has 0 radical (unpaired) electrons. The highest BCUT2D eigenvalue weighted by molar-refractivity contribution is 5.81. The van der Waals surface area contributed by atoms with E-state index in [9.17, 15) is 4.79 Å². The molecule has 3 heteroatoms. The third-order valence-corrected chi connectivity index (χ3v) is 1.98. The Bertz CT molecular complexity index is 155. The predicted molar refractivity (Wildman–Crippen MR) is 55.3 cm³/mol. The minimum Gasteiger partial charge on any atom is -0.352 e. The van der Waals surface area contributed by atoms with Crippen LogP contribution >= 0.6 is 0 Å². The van der Waals surface area contributed by atoms with Gasteiger partial charge in [0.15, 0.2) is 0 Å². The molecule has 3 N–H and O–H groups in total. The number of amides is 1. The van der Waals surface area contributed by atoms with Crippen LogP contribution in [0.2, 0.25) is 0 Å². The number of rotatable bonds is 5. The predicted octanol–water partition coefficient (Wildman–Crippen LogP) is 1.27. The van der Waals surface area contributed by atoms with Crippen molar-refractivity contribution in [2.75, 3.05) is 0 Å². The van der Waals surface area contributed by atoms with Gasteiger partial charge in [-0.3, -0.25) is 4.79 Å². The Morgan fingerprint density at radius 3 is 2.15 bits per heavy atom. The third kappa shape index (κ3) is 6.58. The van der Waals surface area contributed by atoms with Crippen LogP contribution in [0.15, 0.2) is 0 Å². The summed E-state index contributed by atoms with van der Waals surface area (Å²) in [6, 6.07) is -0.164. The first kappa shape index (κ1) is 12.4. The molecule has 0 saturated heterocycles. The van der Waals surface area contributed by atoms with Crippen molar-refractivity contribution in [3.63, 3.8) is 0 Å².